The van der Waals surface area contributed by atoms with E-state index in [0.717, 1.165) is 11.8 Å². The largest absolute Gasteiger partial charge is 0.481 e. The van der Waals surface area contributed by atoms with Crippen molar-refractivity contribution in [3.63, 3.8) is 0 Å². The van der Waals surface area contributed by atoms with Gasteiger partial charge in [-0.2, -0.15) is 0 Å². The van der Waals surface area contributed by atoms with Crippen LogP contribution in [0.4, 0.5) is 0 Å². The molecule has 1 aliphatic rings. The Hall–Kier alpha value is -3.44. The quantitative estimate of drug-likeness (QED) is 0.255. The fraction of sp³-hybridized carbons (Fsp3) is 0.241. The Morgan fingerprint density at radius 2 is 1.93 bits per heavy atom. The van der Waals surface area contributed by atoms with E-state index in [1.165, 1.54) is 22.7 Å². The topological polar surface area (TPSA) is 111 Å². The molecule has 0 saturated heterocycles. The minimum absolute atomic E-state index is 0.186. The van der Waals surface area contributed by atoms with Crippen molar-refractivity contribution in [2.45, 2.75) is 33.7 Å². The summed E-state index contributed by atoms with van der Waals surface area (Å²) < 4.78 is 13.5. The van der Waals surface area contributed by atoms with Crippen LogP contribution in [0.5, 0.6) is 0 Å². The number of furan rings is 1. The van der Waals surface area contributed by atoms with E-state index in [1.807, 2.05) is 37.4 Å². The minimum atomic E-state index is -0.833. The van der Waals surface area contributed by atoms with Crippen LogP contribution in [0, 0.1) is 5.92 Å². The van der Waals surface area contributed by atoms with Crippen molar-refractivity contribution < 1.29 is 23.8 Å². The maximum Gasteiger partial charge on any atom is 0.338 e. The van der Waals surface area contributed by atoms with Crippen LogP contribution < -0.4 is 14.9 Å². The number of aromatic nitrogens is 1. The van der Waals surface area contributed by atoms with E-state index >= 15 is 0 Å². The fourth-order valence-electron chi connectivity index (χ4n) is 4.02. The molecule has 0 aliphatic carbocycles. The molecule has 4 aromatic rings. The van der Waals surface area contributed by atoms with E-state index in [9.17, 15) is 9.59 Å². The highest BCUT2D eigenvalue weighted by atomic mass is 35.5. The number of esters is 1. The summed E-state index contributed by atoms with van der Waals surface area (Å²) in [7, 11) is 0. The highest BCUT2D eigenvalue weighted by Crippen LogP contribution is 2.35. The number of hydrogen-bond acceptors (Lipinski definition) is 8. The van der Waals surface area contributed by atoms with E-state index in [0.29, 0.717) is 47.7 Å². The van der Waals surface area contributed by atoms with Crippen molar-refractivity contribution in [3.8, 4) is 11.3 Å². The molecule has 1 N–H and O–H groups in total. The van der Waals surface area contributed by atoms with Crippen LogP contribution in [0.2, 0.25) is 10.0 Å². The number of halogens is 2. The third kappa shape index (κ3) is 6.90. The number of carboxylic acids is 1. The number of thiophene rings is 1. The predicted molar refractivity (Wildman–Crippen MR) is 161 cm³/mol. The lowest BCUT2D eigenvalue weighted by Crippen LogP contribution is -2.39. The van der Waals surface area contributed by atoms with Crippen molar-refractivity contribution in [2.75, 3.05) is 6.61 Å². The number of carbonyl (C=O) groups is 2. The fourth-order valence-corrected chi connectivity index (χ4v) is 6.26. The molecule has 41 heavy (non-hydrogen) atoms. The molecule has 1 unspecified atom stereocenters. The Balaban J connectivity index is 0.000000909. The van der Waals surface area contributed by atoms with Gasteiger partial charge in [-0.25, -0.2) is 9.79 Å². The van der Waals surface area contributed by atoms with Gasteiger partial charge in [-0.3, -0.25) is 14.2 Å². The minimum Gasteiger partial charge on any atom is -0.481 e. The van der Waals surface area contributed by atoms with Crippen LogP contribution in [-0.2, 0) is 14.3 Å². The lowest BCUT2D eigenvalue weighted by atomic mass is 10.0. The lowest BCUT2D eigenvalue weighted by molar-refractivity contribution is -0.140. The second-order valence-electron chi connectivity index (χ2n) is 9.41. The number of ether oxygens (including phenoxy) is 1. The average Bonchev–Trinajstić information content (AvgIpc) is 3.65. The summed E-state index contributed by atoms with van der Waals surface area (Å²) in [4.78, 5) is 41.8. The third-order valence-electron chi connectivity index (χ3n) is 5.72. The van der Waals surface area contributed by atoms with Gasteiger partial charge in [0.25, 0.3) is 11.5 Å². The van der Waals surface area contributed by atoms with Crippen molar-refractivity contribution in [2.24, 2.45) is 10.9 Å². The summed E-state index contributed by atoms with van der Waals surface area (Å²) in [6.07, 6.45) is 1.67. The number of allylic oxidation sites excluding steroid dienone is 1. The molecular weight excluding hydrogens is 607 g/mol. The van der Waals surface area contributed by atoms with Crippen LogP contribution in [-0.4, -0.2) is 28.2 Å². The zero-order valence-electron chi connectivity index (χ0n) is 22.5. The first-order valence-electron chi connectivity index (χ1n) is 12.4. The summed E-state index contributed by atoms with van der Waals surface area (Å²) >= 11 is 15.2. The first-order valence-corrected chi connectivity index (χ1v) is 14.9. The zero-order chi connectivity index (χ0) is 29.8. The van der Waals surface area contributed by atoms with Gasteiger partial charge in [0.15, 0.2) is 4.80 Å². The molecular formula is C29H26Cl2N2O6S2. The Bertz CT molecular complexity index is 1790. The Labute approximate surface area is 253 Å². The summed E-state index contributed by atoms with van der Waals surface area (Å²) in [6.45, 7) is 7.09. The molecule has 1 aliphatic heterocycles. The van der Waals surface area contributed by atoms with E-state index in [2.05, 4.69) is 4.99 Å². The number of carboxylic acid groups (broad SMARTS) is 1. The van der Waals surface area contributed by atoms with Gasteiger partial charge in [-0.1, -0.05) is 60.5 Å². The van der Waals surface area contributed by atoms with Crippen LogP contribution >= 0.6 is 45.9 Å². The molecule has 1 atom stereocenters. The number of aliphatic carboxylic acids is 1. The van der Waals surface area contributed by atoms with E-state index in [1.54, 1.807) is 41.8 Å². The maximum absolute atomic E-state index is 13.7. The highest BCUT2D eigenvalue weighted by molar-refractivity contribution is 7.10. The smallest absolute Gasteiger partial charge is 0.338 e. The number of thiazole rings is 1. The molecule has 214 valence electrons. The summed E-state index contributed by atoms with van der Waals surface area (Å²) in [6, 6.07) is 12.0. The normalized spacial score (nSPS) is 14.8. The van der Waals surface area contributed by atoms with Gasteiger partial charge >= 0.3 is 5.97 Å². The summed E-state index contributed by atoms with van der Waals surface area (Å²) in [5, 5.41) is 10.2. The number of carbonyl (C=O) groups excluding carboxylic acids is 1. The first-order chi connectivity index (χ1) is 19.5. The Morgan fingerprint density at radius 3 is 2.59 bits per heavy atom. The molecule has 0 saturated carbocycles. The van der Waals surface area contributed by atoms with Gasteiger partial charge in [0, 0.05) is 23.4 Å². The molecule has 0 amide bonds. The molecule has 0 spiro atoms. The van der Waals surface area contributed by atoms with Crippen molar-refractivity contribution in [3.05, 3.63) is 99.5 Å². The molecule has 4 heterocycles. The average molecular weight is 634 g/mol. The molecule has 3 aromatic heterocycles. The highest BCUT2D eigenvalue weighted by Gasteiger charge is 2.34. The second-order valence-corrected chi connectivity index (χ2v) is 12.2. The SMILES string of the molecule is CC(=O)O.CC1=C(C(=O)OCC(C)C)C(c2cccs2)n2c(s/c(=C\c3ccc(-c4cccc(Cl)c4Cl)o3)c2=O)=N1. The van der Waals surface area contributed by atoms with Crippen molar-refractivity contribution >= 4 is 63.9 Å². The van der Waals surface area contributed by atoms with Gasteiger partial charge in [-0.15, -0.1) is 11.3 Å². The Kier molecular flexibility index (Phi) is 9.70. The van der Waals surface area contributed by atoms with Gasteiger partial charge < -0.3 is 14.3 Å². The molecule has 12 heteroatoms. The monoisotopic (exact) mass is 632 g/mol. The number of nitrogens with zero attached hydrogens (tertiary/aromatic N) is 2. The molecule has 0 fully saturated rings. The Morgan fingerprint density at radius 1 is 1.20 bits per heavy atom. The van der Waals surface area contributed by atoms with Gasteiger partial charge in [0.05, 0.1) is 32.5 Å². The number of hydrogen-bond donors (Lipinski definition) is 1. The van der Waals surface area contributed by atoms with E-state index in [4.69, 9.17) is 42.3 Å². The zero-order valence-corrected chi connectivity index (χ0v) is 25.7. The van der Waals surface area contributed by atoms with Crippen molar-refractivity contribution in [1.82, 2.24) is 4.57 Å². The molecule has 0 radical (unpaired) electrons. The first kappa shape index (κ1) is 30.5. The molecule has 1 aromatic carbocycles. The number of benzene rings is 1. The second kappa shape index (κ2) is 13.0. The predicted octanol–water partition coefficient (Wildman–Crippen LogP) is 6.15. The van der Waals surface area contributed by atoms with Crippen LogP contribution in [0.3, 0.4) is 0 Å². The summed E-state index contributed by atoms with van der Waals surface area (Å²) in [5.74, 6) is -0.0897. The molecule has 5 rings (SSSR count). The van der Waals surface area contributed by atoms with Gasteiger partial charge in [0.1, 0.15) is 17.6 Å². The number of fused-ring (bicyclic) bond motifs is 1. The lowest BCUT2D eigenvalue weighted by Gasteiger charge is -2.23. The van der Waals surface area contributed by atoms with Crippen LogP contribution in [0.15, 0.2) is 73.3 Å². The van der Waals surface area contributed by atoms with Gasteiger partial charge in [-0.05, 0) is 48.6 Å². The van der Waals surface area contributed by atoms with Crippen LogP contribution in [0.1, 0.15) is 44.4 Å². The van der Waals surface area contributed by atoms with Gasteiger partial charge in [0.2, 0.25) is 0 Å². The summed E-state index contributed by atoms with van der Waals surface area (Å²) in [5.41, 5.74) is 1.31. The maximum atomic E-state index is 13.7. The van der Waals surface area contributed by atoms with E-state index in [-0.39, 0.29) is 18.1 Å². The molecule has 0 bridgehead atoms. The number of rotatable bonds is 6. The standard InChI is InChI=1S/C27H22Cl2N2O4S2.C2H4O2/c1-14(2)13-34-26(33)22-15(3)30-27-31(24(22)20-8-5-11-36-20)25(32)21(37-27)12-16-9-10-19(35-16)17-6-4-7-18(28)23(17)29;1-2(3)4/h4-12,14,24H,13H2,1-3H3;1H3,(H,3,4)/b21-12-;. The van der Waals surface area contributed by atoms with E-state index < -0.39 is 18.0 Å². The van der Waals surface area contributed by atoms with Crippen LogP contribution in [0.25, 0.3) is 17.4 Å². The molecule has 8 nitrogen and oxygen atoms in total. The third-order valence-corrected chi connectivity index (χ3v) is 8.45. The van der Waals surface area contributed by atoms with Crippen molar-refractivity contribution in [1.29, 1.82) is 0 Å².